The lowest BCUT2D eigenvalue weighted by Gasteiger charge is -2.17. The number of rotatable bonds is 8. The van der Waals surface area contributed by atoms with Crippen LogP contribution in [0.2, 0.25) is 0 Å². The molecule has 1 amide bonds. The minimum atomic E-state index is -0.999. The Morgan fingerprint density at radius 2 is 1.59 bits per heavy atom. The second kappa shape index (κ2) is 12.1. The summed E-state index contributed by atoms with van der Waals surface area (Å²) in [7, 11) is 0. The number of nitrogens with zero attached hydrogens (tertiary/aromatic N) is 3. The van der Waals surface area contributed by atoms with Gasteiger partial charge >= 0.3 is 5.97 Å². The minimum absolute atomic E-state index is 0.188. The van der Waals surface area contributed by atoms with E-state index in [1.807, 2.05) is 61.7 Å². The topological polar surface area (TPSA) is 108 Å². The van der Waals surface area contributed by atoms with Crippen molar-refractivity contribution >= 4 is 22.8 Å². The first-order valence-electron chi connectivity index (χ1n) is 14.2. The number of fused-ring (bicyclic) bond motifs is 1. The van der Waals surface area contributed by atoms with Gasteiger partial charge in [-0.25, -0.2) is 4.79 Å². The van der Waals surface area contributed by atoms with Crippen LogP contribution in [-0.2, 0) is 6.54 Å². The van der Waals surface area contributed by atoms with Crippen LogP contribution in [0.5, 0.6) is 0 Å². The Balaban J connectivity index is 1.37. The van der Waals surface area contributed by atoms with Gasteiger partial charge in [0.05, 0.1) is 34.3 Å². The summed E-state index contributed by atoms with van der Waals surface area (Å²) in [5.74, 6) is -1.25. The number of benzene rings is 4. The summed E-state index contributed by atoms with van der Waals surface area (Å²) in [5.41, 5.74) is 7.79. The number of carboxylic acids is 1. The fraction of sp³-hybridized carbons (Fsp3) is 0.0811. The van der Waals surface area contributed by atoms with E-state index in [2.05, 4.69) is 45.2 Å². The van der Waals surface area contributed by atoms with Crippen molar-refractivity contribution in [1.82, 2.24) is 14.9 Å². The standard InChI is InChI=1S/C37H28N4O3/c1-24(27-9-11-30(12-10-27)37(43)44)40-36(42)34-21-33(31-4-2-3-26(19-31)22-38)20-32-15-18-41(35(32)34)23-25-5-7-28(8-6-25)29-13-16-39-17-14-29/h2-21,24H,23H2,1H3,(H,40,42)(H,43,44)/t24-/m0/s1. The third kappa shape index (κ3) is 5.83. The molecule has 6 rings (SSSR count). The van der Waals surface area contributed by atoms with Gasteiger partial charge in [0.1, 0.15) is 0 Å². The Bertz CT molecular complexity index is 2020. The second-order valence-corrected chi connectivity index (χ2v) is 10.7. The van der Waals surface area contributed by atoms with Crippen LogP contribution in [-0.4, -0.2) is 26.5 Å². The Labute approximate surface area is 254 Å². The molecule has 6 aromatic rings. The number of hydrogen-bond acceptors (Lipinski definition) is 4. The minimum Gasteiger partial charge on any atom is -0.478 e. The number of nitrogens with one attached hydrogen (secondary N) is 1. The van der Waals surface area contributed by atoms with Crippen molar-refractivity contribution in [3.63, 3.8) is 0 Å². The molecule has 7 nitrogen and oxygen atoms in total. The molecular weight excluding hydrogens is 548 g/mol. The highest BCUT2D eigenvalue weighted by molar-refractivity contribution is 6.08. The average Bonchev–Trinajstić information content (AvgIpc) is 3.47. The molecule has 2 heterocycles. The summed E-state index contributed by atoms with van der Waals surface area (Å²) in [4.78, 5) is 29.3. The van der Waals surface area contributed by atoms with Gasteiger partial charge in [-0.05, 0) is 94.9 Å². The lowest BCUT2D eigenvalue weighted by molar-refractivity contribution is 0.0696. The molecule has 0 fully saturated rings. The number of carbonyl (C=O) groups excluding carboxylic acids is 1. The predicted molar refractivity (Wildman–Crippen MR) is 170 cm³/mol. The van der Waals surface area contributed by atoms with Gasteiger partial charge in [-0.15, -0.1) is 0 Å². The first kappa shape index (κ1) is 28.1. The molecular formula is C37H28N4O3. The number of nitriles is 1. The summed E-state index contributed by atoms with van der Waals surface area (Å²) >= 11 is 0. The monoisotopic (exact) mass is 576 g/mol. The molecule has 214 valence electrons. The molecule has 0 unspecified atom stereocenters. The van der Waals surface area contributed by atoms with Crippen LogP contribution in [0.1, 0.15) is 50.4 Å². The normalized spacial score (nSPS) is 11.5. The third-order valence-electron chi connectivity index (χ3n) is 7.76. The smallest absolute Gasteiger partial charge is 0.335 e. The molecule has 0 bridgehead atoms. The Hall–Kier alpha value is -6.00. The molecule has 0 saturated carbocycles. The summed E-state index contributed by atoms with van der Waals surface area (Å²) in [6.45, 7) is 2.43. The Kier molecular flexibility index (Phi) is 7.73. The number of aromatic carboxylic acids is 1. The molecule has 4 aromatic carbocycles. The Morgan fingerprint density at radius 3 is 2.30 bits per heavy atom. The highest BCUT2D eigenvalue weighted by Crippen LogP contribution is 2.31. The molecule has 0 aliphatic carbocycles. The number of hydrogen-bond donors (Lipinski definition) is 2. The van der Waals surface area contributed by atoms with E-state index < -0.39 is 5.97 Å². The molecule has 2 N–H and O–H groups in total. The van der Waals surface area contributed by atoms with Gasteiger partial charge in [0.15, 0.2) is 0 Å². The van der Waals surface area contributed by atoms with Crippen LogP contribution in [0.15, 0.2) is 122 Å². The third-order valence-corrected chi connectivity index (χ3v) is 7.76. The molecule has 1 atom stereocenters. The second-order valence-electron chi connectivity index (χ2n) is 10.7. The van der Waals surface area contributed by atoms with Crippen molar-refractivity contribution in [3.8, 4) is 28.3 Å². The fourth-order valence-electron chi connectivity index (χ4n) is 5.40. The van der Waals surface area contributed by atoms with Crippen molar-refractivity contribution in [2.24, 2.45) is 0 Å². The number of amides is 1. The van der Waals surface area contributed by atoms with E-state index in [4.69, 9.17) is 0 Å². The molecule has 0 aliphatic rings. The molecule has 0 aliphatic heterocycles. The van der Waals surface area contributed by atoms with Gasteiger partial charge < -0.3 is 15.0 Å². The summed E-state index contributed by atoms with van der Waals surface area (Å²) in [6.07, 6.45) is 5.54. The molecule has 0 radical (unpaired) electrons. The van der Waals surface area contributed by atoms with E-state index >= 15 is 0 Å². The van der Waals surface area contributed by atoms with Crippen LogP contribution < -0.4 is 5.32 Å². The largest absolute Gasteiger partial charge is 0.478 e. The van der Waals surface area contributed by atoms with Crippen LogP contribution >= 0.6 is 0 Å². The van der Waals surface area contributed by atoms with E-state index in [1.54, 1.807) is 30.6 Å². The average molecular weight is 577 g/mol. The van der Waals surface area contributed by atoms with E-state index in [1.165, 1.54) is 12.1 Å². The highest BCUT2D eigenvalue weighted by atomic mass is 16.4. The van der Waals surface area contributed by atoms with Crippen molar-refractivity contribution in [2.75, 3.05) is 0 Å². The lowest BCUT2D eigenvalue weighted by Crippen LogP contribution is -2.27. The first-order chi connectivity index (χ1) is 21.4. The molecule has 0 spiro atoms. The van der Waals surface area contributed by atoms with Gasteiger partial charge in [0.25, 0.3) is 5.91 Å². The zero-order valence-corrected chi connectivity index (χ0v) is 23.9. The van der Waals surface area contributed by atoms with E-state index in [0.717, 1.165) is 44.3 Å². The first-order valence-corrected chi connectivity index (χ1v) is 14.2. The lowest BCUT2D eigenvalue weighted by atomic mass is 9.98. The maximum atomic E-state index is 14.0. The van der Waals surface area contributed by atoms with Crippen LogP contribution in [0.25, 0.3) is 33.2 Å². The van der Waals surface area contributed by atoms with Crippen molar-refractivity contribution < 1.29 is 14.7 Å². The fourth-order valence-corrected chi connectivity index (χ4v) is 5.40. The van der Waals surface area contributed by atoms with E-state index in [0.29, 0.717) is 17.7 Å². The van der Waals surface area contributed by atoms with Crippen molar-refractivity contribution in [1.29, 1.82) is 5.26 Å². The van der Waals surface area contributed by atoms with Crippen molar-refractivity contribution in [2.45, 2.75) is 19.5 Å². The van der Waals surface area contributed by atoms with E-state index in [-0.39, 0.29) is 17.5 Å². The SMILES string of the molecule is C[C@H](NC(=O)c1cc(-c2cccc(C#N)c2)cc2ccn(Cc3ccc(-c4ccncc4)cc3)c12)c1ccc(C(=O)O)cc1. The number of carbonyl (C=O) groups is 2. The molecule has 44 heavy (non-hydrogen) atoms. The highest BCUT2D eigenvalue weighted by Gasteiger charge is 2.19. The quantitative estimate of drug-likeness (QED) is 0.195. The van der Waals surface area contributed by atoms with Gasteiger partial charge in [0.2, 0.25) is 0 Å². The predicted octanol–water partition coefficient (Wildman–Crippen LogP) is 7.48. The number of carboxylic acid groups (broad SMARTS) is 1. The van der Waals surface area contributed by atoms with Crippen LogP contribution in [0, 0.1) is 11.3 Å². The Morgan fingerprint density at radius 1 is 0.864 bits per heavy atom. The van der Waals surface area contributed by atoms with Crippen LogP contribution in [0.3, 0.4) is 0 Å². The summed E-state index contributed by atoms with van der Waals surface area (Å²) in [5, 5.41) is 22.7. The zero-order chi connectivity index (χ0) is 30.6. The van der Waals surface area contributed by atoms with Gasteiger partial charge in [0, 0.05) is 30.5 Å². The molecule has 2 aromatic heterocycles. The molecule has 0 saturated heterocycles. The number of aromatic nitrogens is 2. The maximum Gasteiger partial charge on any atom is 0.335 e. The van der Waals surface area contributed by atoms with E-state index in [9.17, 15) is 20.0 Å². The van der Waals surface area contributed by atoms with Gasteiger partial charge in [-0.1, -0.05) is 48.5 Å². The van der Waals surface area contributed by atoms with Gasteiger partial charge in [-0.3, -0.25) is 9.78 Å². The number of pyridine rings is 1. The summed E-state index contributed by atoms with van der Waals surface area (Å²) < 4.78 is 2.08. The molecule has 7 heteroatoms. The summed E-state index contributed by atoms with van der Waals surface area (Å²) in [6, 6.07) is 33.9. The van der Waals surface area contributed by atoms with Gasteiger partial charge in [-0.2, -0.15) is 5.26 Å². The zero-order valence-electron chi connectivity index (χ0n) is 23.9. The van der Waals surface area contributed by atoms with Crippen LogP contribution in [0.4, 0.5) is 0 Å². The maximum absolute atomic E-state index is 14.0. The van der Waals surface area contributed by atoms with Crippen molar-refractivity contribution in [3.05, 3.63) is 150 Å².